The Morgan fingerprint density at radius 3 is 2.52 bits per heavy atom. The number of piperidine rings is 1. The first kappa shape index (κ1) is 21.2. The number of rotatable bonds is 6. The van der Waals surface area contributed by atoms with Crippen molar-refractivity contribution in [2.75, 3.05) is 6.54 Å². The van der Waals surface area contributed by atoms with Crippen molar-refractivity contribution in [2.24, 2.45) is 0 Å². The Kier molecular flexibility index (Phi) is 6.21. The molecule has 7 nitrogen and oxygen atoms in total. The maximum Gasteiger partial charge on any atom is 0.322 e. The van der Waals surface area contributed by atoms with Gasteiger partial charge in [-0.15, -0.1) is 0 Å². The summed E-state index contributed by atoms with van der Waals surface area (Å²) in [5.74, 6) is -1.22. The van der Waals surface area contributed by atoms with Crippen molar-refractivity contribution in [3.05, 3.63) is 59.4 Å². The number of ether oxygens (including phenoxy) is 1. The molecule has 9 heteroatoms. The first-order valence-corrected chi connectivity index (χ1v) is 10.5. The Morgan fingerprint density at radius 1 is 1.21 bits per heavy atom. The topological polar surface area (TPSA) is 104 Å². The van der Waals surface area contributed by atoms with E-state index in [1.54, 1.807) is 13.0 Å². The van der Waals surface area contributed by atoms with E-state index in [1.807, 2.05) is 0 Å². The van der Waals surface area contributed by atoms with Gasteiger partial charge in [-0.05, 0) is 67.3 Å². The molecular formula is C20H22FNO6S. The standard InChI is InChI=1S/C20H22FNO6S/c1-13-8-14(10-15(21)9-13)12-28-17-3-5-18(6-4-17)29(26,27)22-11-16(23)2-7-19(22)20(24)25/h3-6,8-10,16,19,23H,2,7,11-12H2,1H3,(H,24,25). The minimum absolute atomic E-state index is 0.0456. The third-order valence-corrected chi connectivity index (χ3v) is 6.62. The molecule has 1 aliphatic rings. The molecule has 0 saturated carbocycles. The molecule has 1 heterocycles. The number of β-amino-alcohol motifs (C(OH)–C–C–N with tert-alkyl or cyclic N) is 1. The molecular weight excluding hydrogens is 401 g/mol. The summed E-state index contributed by atoms with van der Waals surface area (Å²) >= 11 is 0. The summed E-state index contributed by atoms with van der Waals surface area (Å²) in [6, 6.07) is 8.89. The number of carboxylic acid groups (broad SMARTS) is 1. The molecule has 0 aliphatic carbocycles. The molecule has 0 spiro atoms. The Bertz CT molecular complexity index is 972. The number of benzene rings is 2. The SMILES string of the molecule is Cc1cc(F)cc(COc2ccc(S(=O)(=O)N3CC(O)CCC3C(=O)O)cc2)c1. The van der Waals surface area contributed by atoms with E-state index in [9.17, 15) is 27.8 Å². The fraction of sp³-hybridized carbons (Fsp3) is 0.350. The summed E-state index contributed by atoms with van der Waals surface area (Å²) in [7, 11) is -4.10. The summed E-state index contributed by atoms with van der Waals surface area (Å²) < 4.78 is 45.6. The van der Waals surface area contributed by atoms with E-state index in [2.05, 4.69) is 0 Å². The minimum Gasteiger partial charge on any atom is -0.489 e. The second kappa shape index (κ2) is 8.48. The average Bonchev–Trinajstić information content (AvgIpc) is 2.65. The number of hydrogen-bond acceptors (Lipinski definition) is 5. The van der Waals surface area contributed by atoms with Crippen LogP contribution < -0.4 is 4.74 Å². The fourth-order valence-corrected chi connectivity index (χ4v) is 4.99. The van der Waals surface area contributed by atoms with E-state index in [0.29, 0.717) is 11.3 Å². The maximum atomic E-state index is 13.4. The lowest BCUT2D eigenvalue weighted by Gasteiger charge is -2.34. The van der Waals surface area contributed by atoms with Gasteiger partial charge < -0.3 is 14.9 Å². The van der Waals surface area contributed by atoms with Crippen LogP contribution in [0.15, 0.2) is 47.4 Å². The molecule has 1 saturated heterocycles. The largest absolute Gasteiger partial charge is 0.489 e. The molecule has 0 bridgehead atoms. The van der Waals surface area contributed by atoms with Crippen LogP contribution in [0.25, 0.3) is 0 Å². The number of carbonyl (C=O) groups is 1. The molecule has 2 aromatic carbocycles. The van der Waals surface area contributed by atoms with Gasteiger partial charge in [0.05, 0.1) is 11.0 Å². The predicted molar refractivity (Wildman–Crippen MR) is 102 cm³/mol. The monoisotopic (exact) mass is 423 g/mol. The van der Waals surface area contributed by atoms with Gasteiger partial charge >= 0.3 is 5.97 Å². The lowest BCUT2D eigenvalue weighted by atomic mass is 10.0. The van der Waals surface area contributed by atoms with Crippen molar-refractivity contribution in [3.8, 4) is 5.75 Å². The van der Waals surface area contributed by atoms with Gasteiger partial charge in [-0.1, -0.05) is 6.07 Å². The van der Waals surface area contributed by atoms with Crippen LogP contribution >= 0.6 is 0 Å². The van der Waals surface area contributed by atoms with Crippen molar-refractivity contribution in [3.63, 3.8) is 0 Å². The molecule has 2 aromatic rings. The minimum atomic E-state index is -4.10. The molecule has 3 rings (SSSR count). The number of aliphatic carboxylic acids is 1. The highest BCUT2D eigenvalue weighted by Crippen LogP contribution is 2.27. The summed E-state index contributed by atoms with van der Waals surface area (Å²) in [5, 5.41) is 19.1. The smallest absolute Gasteiger partial charge is 0.322 e. The molecule has 0 amide bonds. The highest BCUT2D eigenvalue weighted by Gasteiger charge is 2.40. The van der Waals surface area contributed by atoms with Crippen LogP contribution in [0, 0.1) is 12.7 Å². The van der Waals surface area contributed by atoms with Crippen LogP contribution in [-0.2, 0) is 21.4 Å². The zero-order valence-electron chi connectivity index (χ0n) is 15.8. The lowest BCUT2D eigenvalue weighted by Crippen LogP contribution is -2.51. The van der Waals surface area contributed by atoms with E-state index < -0.39 is 28.1 Å². The van der Waals surface area contributed by atoms with Crippen molar-refractivity contribution in [2.45, 2.75) is 43.4 Å². The average molecular weight is 423 g/mol. The third-order valence-electron chi connectivity index (χ3n) is 4.73. The molecule has 2 atom stereocenters. The third kappa shape index (κ3) is 4.92. The van der Waals surface area contributed by atoms with Crippen LogP contribution in [0.5, 0.6) is 5.75 Å². The van der Waals surface area contributed by atoms with Crippen molar-refractivity contribution >= 4 is 16.0 Å². The Hall–Kier alpha value is -2.49. The van der Waals surface area contributed by atoms with Crippen LogP contribution in [0.3, 0.4) is 0 Å². The number of halogens is 1. The van der Waals surface area contributed by atoms with Crippen LogP contribution in [0.4, 0.5) is 4.39 Å². The normalized spacial score (nSPS) is 20.4. The van der Waals surface area contributed by atoms with Gasteiger partial charge in [0.1, 0.15) is 24.2 Å². The van der Waals surface area contributed by atoms with Gasteiger partial charge in [-0.3, -0.25) is 4.79 Å². The number of aliphatic hydroxyl groups is 1. The van der Waals surface area contributed by atoms with Gasteiger partial charge in [0.25, 0.3) is 0 Å². The molecule has 1 fully saturated rings. The summed E-state index contributed by atoms with van der Waals surface area (Å²) in [4.78, 5) is 11.3. The van der Waals surface area contributed by atoms with Crippen molar-refractivity contribution in [1.82, 2.24) is 4.31 Å². The Morgan fingerprint density at radius 2 is 1.90 bits per heavy atom. The van der Waals surface area contributed by atoms with Gasteiger partial charge in [-0.2, -0.15) is 4.31 Å². The van der Waals surface area contributed by atoms with Crippen molar-refractivity contribution < 1.29 is 32.6 Å². The number of aryl methyl sites for hydroxylation is 1. The molecule has 0 aromatic heterocycles. The molecule has 29 heavy (non-hydrogen) atoms. The summed E-state index contributed by atoms with van der Waals surface area (Å²) in [6.07, 6.45) is -0.628. The van der Waals surface area contributed by atoms with Crippen LogP contribution in [0.1, 0.15) is 24.0 Å². The highest BCUT2D eigenvalue weighted by molar-refractivity contribution is 7.89. The van der Waals surface area contributed by atoms with E-state index >= 15 is 0 Å². The van der Waals surface area contributed by atoms with Gasteiger partial charge in [0, 0.05) is 6.54 Å². The Balaban J connectivity index is 1.75. The first-order chi connectivity index (χ1) is 13.7. The van der Waals surface area contributed by atoms with Gasteiger partial charge in [0.2, 0.25) is 10.0 Å². The van der Waals surface area contributed by atoms with Crippen LogP contribution in [-0.4, -0.2) is 47.6 Å². The van der Waals surface area contributed by atoms with Gasteiger partial charge in [0.15, 0.2) is 0 Å². The van der Waals surface area contributed by atoms with Gasteiger partial charge in [-0.25, -0.2) is 12.8 Å². The summed E-state index contributed by atoms with van der Waals surface area (Å²) in [5.41, 5.74) is 1.41. The number of sulfonamides is 1. The van der Waals surface area contributed by atoms with E-state index in [4.69, 9.17) is 4.74 Å². The predicted octanol–water partition coefficient (Wildman–Crippen LogP) is 2.31. The summed E-state index contributed by atoms with van der Waals surface area (Å²) in [6.45, 7) is 1.62. The van der Waals surface area contributed by atoms with E-state index in [-0.39, 0.29) is 36.7 Å². The highest BCUT2D eigenvalue weighted by atomic mass is 32.2. The van der Waals surface area contributed by atoms with Crippen molar-refractivity contribution in [1.29, 1.82) is 0 Å². The fourth-order valence-electron chi connectivity index (χ4n) is 3.34. The molecule has 156 valence electrons. The number of nitrogens with zero attached hydrogens (tertiary/aromatic N) is 1. The molecule has 2 N–H and O–H groups in total. The zero-order valence-corrected chi connectivity index (χ0v) is 16.6. The number of hydrogen-bond donors (Lipinski definition) is 2. The maximum absolute atomic E-state index is 13.4. The quantitative estimate of drug-likeness (QED) is 0.739. The molecule has 1 aliphatic heterocycles. The number of carboxylic acids is 1. The zero-order chi connectivity index (χ0) is 21.2. The number of aliphatic hydroxyl groups excluding tert-OH is 1. The molecule has 2 unspecified atom stereocenters. The van der Waals surface area contributed by atoms with E-state index in [0.717, 1.165) is 9.87 Å². The second-order valence-electron chi connectivity index (χ2n) is 7.06. The second-order valence-corrected chi connectivity index (χ2v) is 8.95. The first-order valence-electron chi connectivity index (χ1n) is 9.08. The van der Waals surface area contributed by atoms with Crippen LogP contribution in [0.2, 0.25) is 0 Å². The Labute approximate surface area is 168 Å². The lowest BCUT2D eigenvalue weighted by molar-refractivity contribution is -0.143. The molecule has 0 radical (unpaired) electrons. The van der Waals surface area contributed by atoms with E-state index in [1.165, 1.54) is 36.4 Å².